The predicted molar refractivity (Wildman–Crippen MR) is 78.3 cm³/mol. The van der Waals surface area contributed by atoms with Gasteiger partial charge in [-0.2, -0.15) is 18.2 Å². The van der Waals surface area contributed by atoms with Crippen molar-refractivity contribution < 1.29 is 26.5 Å². The molecule has 0 saturated heterocycles. The minimum absolute atomic E-state index is 0. The van der Waals surface area contributed by atoms with Gasteiger partial charge in [0.1, 0.15) is 5.75 Å². The molecule has 0 radical (unpaired) electrons. The summed E-state index contributed by atoms with van der Waals surface area (Å²) >= 11 is 3.32. The average Bonchev–Trinajstić information content (AvgIpc) is 2.41. The maximum absolute atomic E-state index is 4.95. The van der Waals surface area contributed by atoms with Crippen molar-refractivity contribution in [2.75, 3.05) is 14.2 Å². The molecule has 0 heterocycles. The third-order valence-electron chi connectivity index (χ3n) is 1.97. The SMILES string of the molecule is COc1cc[c-]cc1.COc1ccc(Br)cc1.[Br-].[Mg+2]. The molecule has 98 valence electrons. The standard InChI is InChI=1S/C7H7BrO.C7H7O.BrH.Mg/c1-9-7-4-2-6(8)3-5-7;1-8-7-5-3-2-4-6-7;;/h2-5H,1H3;3-6H,1H3;1H;/q;-1;;+2/p-1. The van der Waals surface area contributed by atoms with E-state index in [9.17, 15) is 0 Å². The number of methoxy groups -OCH3 is 2. The maximum Gasteiger partial charge on any atom is 2.00 e. The Morgan fingerprint density at radius 1 is 0.842 bits per heavy atom. The fourth-order valence-electron chi connectivity index (χ4n) is 1.08. The van der Waals surface area contributed by atoms with Crippen molar-refractivity contribution in [3.63, 3.8) is 0 Å². The molecule has 0 spiro atoms. The molecule has 0 aliphatic rings. The molecule has 0 unspecified atom stereocenters. The molecule has 2 rings (SSSR count). The Hall–Kier alpha value is -0.234. The van der Waals surface area contributed by atoms with Gasteiger partial charge in [0.25, 0.3) is 0 Å². The van der Waals surface area contributed by atoms with Crippen LogP contribution in [0.2, 0.25) is 0 Å². The molecule has 19 heavy (non-hydrogen) atoms. The summed E-state index contributed by atoms with van der Waals surface area (Å²) in [5.41, 5.74) is 0. The monoisotopic (exact) mass is 396 g/mol. The Kier molecular flexibility index (Phi) is 14.2. The molecule has 0 atom stereocenters. The zero-order valence-electron chi connectivity index (χ0n) is 10.9. The van der Waals surface area contributed by atoms with E-state index in [1.54, 1.807) is 14.2 Å². The minimum Gasteiger partial charge on any atom is -1.00 e. The van der Waals surface area contributed by atoms with Crippen molar-refractivity contribution in [1.29, 1.82) is 0 Å². The van der Waals surface area contributed by atoms with E-state index >= 15 is 0 Å². The van der Waals surface area contributed by atoms with Crippen LogP contribution in [-0.2, 0) is 0 Å². The first-order valence-corrected chi connectivity index (χ1v) is 5.85. The zero-order valence-corrected chi connectivity index (χ0v) is 15.5. The molecular weight excluding hydrogens is 384 g/mol. The van der Waals surface area contributed by atoms with Gasteiger partial charge in [0.2, 0.25) is 0 Å². The fourth-order valence-corrected chi connectivity index (χ4v) is 1.34. The van der Waals surface area contributed by atoms with Crippen LogP contribution < -0.4 is 26.5 Å². The summed E-state index contributed by atoms with van der Waals surface area (Å²) in [4.78, 5) is 0. The molecule has 2 aromatic carbocycles. The second-order valence-corrected chi connectivity index (χ2v) is 4.01. The van der Waals surface area contributed by atoms with Crippen LogP contribution in [0.15, 0.2) is 53.0 Å². The summed E-state index contributed by atoms with van der Waals surface area (Å²) in [6.45, 7) is 0. The maximum atomic E-state index is 4.95. The summed E-state index contributed by atoms with van der Waals surface area (Å²) in [5.74, 6) is 1.77. The Morgan fingerprint density at radius 3 is 1.63 bits per heavy atom. The first kappa shape index (κ1) is 21.1. The Morgan fingerprint density at radius 2 is 1.26 bits per heavy atom. The van der Waals surface area contributed by atoms with Crippen LogP contribution in [0.25, 0.3) is 0 Å². The van der Waals surface area contributed by atoms with Gasteiger partial charge in [-0.1, -0.05) is 15.9 Å². The Labute approximate surface area is 149 Å². The molecule has 0 bridgehead atoms. The molecule has 0 aliphatic carbocycles. The first-order valence-electron chi connectivity index (χ1n) is 5.06. The van der Waals surface area contributed by atoms with Crippen LogP contribution in [0.1, 0.15) is 0 Å². The van der Waals surface area contributed by atoms with Crippen LogP contribution in [0.4, 0.5) is 0 Å². The molecular formula is C14H14Br2MgO2. The number of halogens is 2. The molecule has 0 saturated carbocycles. The Bertz CT molecular complexity index is 421. The van der Waals surface area contributed by atoms with E-state index < -0.39 is 0 Å². The summed E-state index contributed by atoms with van der Waals surface area (Å²) in [6.07, 6.45) is 0. The van der Waals surface area contributed by atoms with Gasteiger partial charge in [0.05, 0.1) is 14.2 Å². The largest absolute Gasteiger partial charge is 2.00 e. The first-order chi connectivity index (χ1) is 8.26. The summed E-state index contributed by atoms with van der Waals surface area (Å²) in [6, 6.07) is 17.9. The van der Waals surface area contributed by atoms with E-state index in [4.69, 9.17) is 9.47 Å². The molecule has 0 amide bonds. The molecule has 0 aromatic heterocycles. The fraction of sp³-hybridized carbons (Fsp3) is 0.143. The van der Waals surface area contributed by atoms with Gasteiger partial charge in [0, 0.05) is 10.2 Å². The van der Waals surface area contributed by atoms with Crippen molar-refractivity contribution in [2.24, 2.45) is 0 Å². The number of ether oxygens (including phenoxy) is 2. The smallest absolute Gasteiger partial charge is 1.00 e. The van der Waals surface area contributed by atoms with Gasteiger partial charge in [-0.3, -0.25) is 0 Å². The van der Waals surface area contributed by atoms with Gasteiger partial charge in [-0.15, -0.1) is 12.1 Å². The number of benzene rings is 2. The van der Waals surface area contributed by atoms with Crippen LogP contribution in [-0.4, -0.2) is 37.3 Å². The Balaban J connectivity index is 0. The number of hydrogen-bond donors (Lipinski definition) is 0. The van der Waals surface area contributed by atoms with Crippen LogP contribution in [0.5, 0.6) is 11.5 Å². The van der Waals surface area contributed by atoms with E-state index in [0.29, 0.717) is 0 Å². The van der Waals surface area contributed by atoms with E-state index in [2.05, 4.69) is 22.0 Å². The topological polar surface area (TPSA) is 18.5 Å². The van der Waals surface area contributed by atoms with Gasteiger partial charge in [-0.05, 0) is 24.3 Å². The summed E-state index contributed by atoms with van der Waals surface area (Å²) < 4.78 is 10.9. The quantitative estimate of drug-likeness (QED) is 0.544. The summed E-state index contributed by atoms with van der Waals surface area (Å²) in [7, 11) is 3.30. The van der Waals surface area contributed by atoms with Gasteiger partial charge >= 0.3 is 23.1 Å². The molecule has 2 nitrogen and oxygen atoms in total. The van der Waals surface area contributed by atoms with Gasteiger partial charge < -0.3 is 26.5 Å². The third-order valence-corrected chi connectivity index (χ3v) is 2.50. The van der Waals surface area contributed by atoms with Crippen molar-refractivity contribution in [3.05, 3.63) is 59.1 Å². The van der Waals surface area contributed by atoms with E-state index in [-0.39, 0.29) is 40.0 Å². The second kappa shape index (κ2) is 12.8. The van der Waals surface area contributed by atoms with Gasteiger partial charge in [0.15, 0.2) is 0 Å². The van der Waals surface area contributed by atoms with Crippen LogP contribution in [0, 0.1) is 6.07 Å². The molecule has 5 heteroatoms. The number of hydrogen-bond acceptors (Lipinski definition) is 2. The third kappa shape index (κ3) is 9.32. The molecule has 0 aliphatic heterocycles. The molecule has 2 aromatic rings. The van der Waals surface area contributed by atoms with Crippen molar-refractivity contribution in [2.45, 2.75) is 0 Å². The van der Waals surface area contributed by atoms with E-state index in [1.807, 2.05) is 48.5 Å². The van der Waals surface area contributed by atoms with E-state index in [1.165, 1.54) is 0 Å². The van der Waals surface area contributed by atoms with Crippen LogP contribution >= 0.6 is 15.9 Å². The predicted octanol–water partition coefficient (Wildman–Crippen LogP) is 0.576. The van der Waals surface area contributed by atoms with Gasteiger partial charge in [-0.25, -0.2) is 0 Å². The second-order valence-electron chi connectivity index (χ2n) is 3.10. The average molecular weight is 398 g/mol. The summed E-state index contributed by atoms with van der Waals surface area (Å²) in [5, 5.41) is 0. The van der Waals surface area contributed by atoms with E-state index in [0.717, 1.165) is 16.0 Å². The molecule has 0 N–H and O–H groups in total. The van der Waals surface area contributed by atoms with Crippen LogP contribution in [0.3, 0.4) is 0 Å². The van der Waals surface area contributed by atoms with Crippen molar-refractivity contribution in [3.8, 4) is 11.5 Å². The number of rotatable bonds is 2. The zero-order chi connectivity index (χ0) is 12.5. The normalized spacial score (nSPS) is 7.95. The minimum atomic E-state index is 0. The molecule has 0 fully saturated rings. The van der Waals surface area contributed by atoms with Crippen molar-refractivity contribution in [1.82, 2.24) is 0 Å². The van der Waals surface area contributed by atoms with Crippen molar-refractivity contribution >= 4 is 39.0 Å².